The van der Waals surface area contributed by atoms with Gasteiger partial charge in [-0.05, 0) is 19.5 Å². The molecule has 0 unspecified atom stereocenters. The lowest BCUT2D eigenvalue weighted by Crippen LogP contribution is -2.03. The van der Waals surface area contributed by atoms with Gasteiger partial charge in [-0.1, -0.05) is 30.3 Å². The molecular weight excluding hydrogens is 367 g/mol. The summed E-state index contributed by atoms with van der Waals surface area (Å²) < 4.78 is 22.6. The Bertz CT molecular complexity index is 621. The second-order valence-electron chi connectivity index (χ2n) is 4.65. The Balaban J connectivity index is 0. The van der Waals surface area contributed by atoms with Crippen molar-refractivity contribution in [2.45, 2.75) is 26.4 Å². The van der Waals surface area contributed by atoms with Crippen molar-refractivity contribution in [3.63, 3.8) is 0 Å². The minimum atomic E-state index is -0.646. The molecule has 0 aliphatic rings. The minimum Gasteiger partial charge on any atom is -0.459 e. The average molecular weight is 396 g/mol. The Labute approximate surface area is 165 Å². The van der Waals surface area contributed by atoms with Gasteiger partial charge in [-0.15, -0.1) is 0 Å². The molecule has 0 spiro atoms. The predicted molar refractivity (Wildman–Crippen MR) is 106 cm³/mol. The van der Waals surface area contributed by atoms with Crippen molar-refractivity contribution in [3.8, 4) is 6.01 Å². The van der Waals surface area contributed by atoms with E-state index in [4.69, 9.17) is 10.5 Å². The van der Waals surface area contributed by atoms with Gasteiger partial charge in [0.2, 0.25) is 0 Å². The first-order chi connectivity index (χ1) is 13.6. The predicted octanol–water partition coefficient (Wildman–Crippen LogP) is 2.17. The number of carbonyl (C=O) groups is 2. The van der Waals surface area contributed by atoms with E-state index in [0.717, 1.165) is 30.9 Å². The van der Waals surface area contributed by atoms with Crippen molar-refractivity contribution in [1.82, 2.24) is 9.97 Å². The Morgan fingerprint density at radius 3 is 2.07 bits per heavy atom. The van der Waals surface area contributed by atoms with Crippen LogP contribution in [0.5, 0.6) is 6.01 Å². The molecule has 0 saturated heterocycles. The Hall–Kier alpha value is -2.91. The number of unbranched alkanes of at least 4 members (excludes halogenated alkanes) is 1. The Morgan fingerprint density at radius 2 is 1.64 bits per heavy atom. The molecule has 0 aliphatic heterocycles. The molecule has 8 nitrogen and oxygen atoms in total. The molecule has 0 fully saturated rings. The lowest BCUT2D eigenvalue weighted by atomic mass is 10.2. The highest BCUT2D eigenvalue weighted by Crippen LogP contribution is 2.10. The Morgan fingerprint density at radius 1 is 1.11 bits per heavy atom. The number of aldehydes is 2. The molecule has 9 heteroatoms. The smallest absolute Gasteiger partial charge is 0.318 e. The molecule has 0 radical (unpaired) electrons. The molecule has 156 valence electrons. The summed E-state index contributed by atoms with van der Waals surface area (Å²) in [5.74, 6) is -0.856. The third kappa shape index (κ3) is 15.4. The van der Waals surface area contributed by atoms with Gasteiger partial charge in [0.1, 0.15) is 19.2 Å². The van der Waals surface area contributed by atoms with Crippen LogP contribution >= 0.6 is 0 Å². The van der Waals surface area contributed by atoms with Gasteiger partial charge in [0.25, 0.3) is 0 Å². The molecule has 2 rings (SSSR count). The van der Waals surface area contributed by atoms with Crippen molar-refractivity contribution < 1.29 is 23.5 Å². The number of benzene rings is 1. The molecule has 4 N–H and O–H groups in total. The van der Waals surface area contributed by atoms with Crippen LogP contribution < -0.4 is 16.2 Å². The number of methoxy groups -OCH3 is 1. The Kier molecular flexibility index (Phi) is 19.9. The molecule has 0 saturated carbocycles. The first kappa shape index (κ1) is 27.3. The molecule has 1 aromatic carbocycles. The van der Waals surface area contributed by atoms with Gasteiger partial charge in [0, 0.05) is 26.6 Å². The van der Waals surface area contributed by atoms with Gasteiger partial charge in [0.15, 0.2) is 11.6 Å². The largest absolute Gasteiger partial charge is 0.459 e. The van der Waals surface area contributed by atoms with Crippen molar-refractivity contribution in [3.05, 3.63) is 47.9 Å². The SMILES string of the molecule is CCOC.CN.Nc1nc(OCc2ccccc2)ncc1F.O=CCCC=O. The summed E-state index contributed by atoms with van der Waals surface area (Å²) >= 11 is 0. The number of nitrogen functional groups attached to an aromatic ring is 1. The number of nitrogens with zero attached hydrogens (tertiary/aromatic N) is 2. The fourth-order valence-electron chi connectivity index (χ4n) is 1.29. The number of aromatic nitrogens is 2. The van der Waals surface area contributed by atoms with E-state index in [0.29, 0.717) is 19.4 Å². The minimum absolute atomic E-state index is 0.0720. The highest BCUT2D eigenvalue weighted by atomic mass is 19.1. The summed E-state index contributed by atoms with van der Waals surface area (Å²) in [7, 11) is 3.18. The van der Waals surface area contributed by atoms with Crippen LogP contribution in [0.3, 0.4) is 0 Å². The van der Waals surface area contributed by atoms with Crippen molar-refractivity contribution in [2.75, 3.05) is 26.5 Å². The molecule has 0 bridgehead atoms. The van der Waals surface area contributed by atoms with Crippen LogP contribution in [0.1, 0.15) is 25.3 Å². The van der Waals surface area contributed by atoms with Gasteiger partial charge < -0.3 is 30.5 Å². The van der Waals surface area contributed by atoms with Crippen LogP contribution in [0.2, 0.25) is 0 Å². The number of hydrogen-bond acceptors (Lipinski definition) is 8. The molecule has 0 aliphatic carbocycles. The monoisotopic (exact) mass is 396 g/mol. The van der Waals surface area contributed by atoms with Gasteiger partial charge in [-0.2, -0.15) is 4.98 Å². The number of halogens is 1. The van der Waals surface area contributed by atoms with E-state index < -0.39 is 5.82 Å². The molecular formula is C19H29FN4O4. The zero-order valence-corrected chi connectivity index (χ0v) is 16.5. The standard InChI is InChI=1S/C11H10FN3O.C4H6O2.C3H8O.CH5N/c12-9-6-14-11(15-10(9)13)16-7-8-4-2-1-3-5-8;5-3-1-2-4-6;1-3-4-2;1-2/h1-6H,7H2,(H2,13,14,15);3-4H,1-2H2;3H2,1-2H3;2H2,1H3. The van der Waals surface area contributed by atoms with Crippen LogP contribution in [0.15, 0.2) is 36.5 Å². The van der Waals surface area contributed by atoms with Crippen LogP contribution in [-0.4, -0.2) is 43.3 Å². The fraction of sp³-hybridized carbons (Fsp3) is 0.368. The third-order valence-corrected chi connectivity index (χ3v) is 2.65. The quantitative estimate of drug-likeness (QED) is 0.538. The summed E-state index contributed by atoms with van der Waals surface area (Å²) in [6.45, 7) is 3.10. The van der Waals surface area contributed by atoms with Crippen LogP contribution in [-0.2, 0) is 20.9 Å². The molecule has 0 amide bonds. The van der Waals surface area contributed by atoms with E-state index in [9.17, 15) is 14.0 Å². The highest BCUT2D eigenvalue weighted by molar-refractivity contribution is 5.58. The molecule has 28 heavy (non-hydrogen) atoms. The van der Waals surface area contributed by atoms with Gasteiger partial charge >= 0.3 is 6.01 Å². The zero-order valence-electron chi connectivity index (χ0n) is 16.5. The van der Waals surface area contributed by atoms with Crippen molar-refractivity contribution >= 4 is 18.4 Å². The maximum absolute atomic E-state index is 12.8. The first-order valence-corrected chi connectivity index (χ1v) is 8.47. The van der Waals surface area contributed by atoms with Crippen molar-refractivity contribution in [2.24, 2.45) is 5.73 Å². The van der Waals surface area contributed by atoms with E-state index in [2.05, 4.69) is 20.4 Å². The molecule has 1 aromatic heterocycles. The van der Waals surface area contributed by atoms with Gasteiger partial charge in [0.05, 0.1) is 6.20 Å². The number of ether oxygens (including phenoxy) is 2. The maximum atomic E-state index is 12.8. The first-order valence-electron chi connectivity index (χ1n) is 8.47. The number of rotatable bonds is 7. The second kappa shape index (κ2) is 20.4. The zero-order chi connectivity index (χ0) is 21.6. The van der Waals surface area contributed by atoms with E-state index in [-0.39, 0.29) is 11.8 Å². The summed E-state index contributed by atoms with van der Waals surface area (Å²) in [6.07, 6.45) is 3.18. The normalized spacial score (nSPS) is 8.61. The summed E-state index contributed by atoms with van der Waals surface area (Å²) in [6, 6.07) is 9.61. The number of nitrogens with two attached hydrogens (primary N) is 2. The summed E-state index contributed by atoms with van der Waals surface area (Å²) in [4.78, 5) is 26.1. The van der Waals surface area contributed by atoms with E-state index in [1.54, 1.807) is 7.11 Å². The average Bonchev–Trinajstić information content (AvgIpc) is 2.76. The maximum Gasteiger partial charge on any atom is 0.318 e. The van der Waals surface area contributed by atoms with Crippen LogP contribution in [0.25, 0.3) is 0 Å². The highest BCUT2D eigenvalue weighted by Gasteiger charge is 2.03. The van der Waals surface area contributed by atoms with Gasteiger partial charge in [-0.25, -0.2) is 9.37 Å². The summed E-state index contributed by atoms with van der Waals surface area (Å²) in [5.41, 5.74) is 10.8. The number of hydrogen-bond donors (Lipinski definition) is 2. The van der Waals surface area contributed by atoms with Crippen molar-refractivity contribution in [1.29, 1.82) is 0 Å². The molecule has 2 aromatic rings. The lowest BCUT2D eigenvalue weighted by molar-refractivity contribution is -0.112. The number of anilines is 1. The lowest BCUT2D eigenvalue weighted by Gasteiger charge is -2.04. The molecule has 1 heterocycles. The summed E-state index contributed by atoms with van der Waals surface area (Å²) in [5, 5.41) is 0. The van der Waals surface area contributed by atoms with Crippen LogP contribution in [0.4, 0.5) is 10.2 Å². The van der Waals surface area contributed by atoms with Gasteiger partial charge in [-0.3, -0.25) is 0 Å². The van der Waals surface area contributed by atoms with E-state index >= 15 is 0 Å². The van der Waals surface area contributed by atoms with Crippen LogP contribution in [0, 0.1) is 5.82 Å². The second-order valence-corrected chi connectivity index (χ2v) is 4.65. The fourth-order valence-corrected chi connectivity index (χ4v) is 1.29. The van der Waals surface area contributed by atoms with E-state index in [1.165, 1.54) is 7.05 Å². The number of carbonyl (C=O) groups excluding carboxylic acids is 2. The van der Waals surface area contributed by atoms with E-state index in [1.807, 2.05) is 37.3 Å². The molecule has 0 atom stereocenters. The topological polar surface area (TPSA) is 130 Å². The third-order valence-electron chi connectivity index (χ3n) is 2.65.